The third-order valence-electron chi connectivity index (χ3n) is 4.23. The van der Waals surface area contributed by atoms with E-state index in [0.717, 1.165) is 28.5 Å². The Balaban J connectivity index is 1.45. The number of sulfonamides is 1. The van der Waals surface area contributed by atoms with Gasteiger partial charge in [-0.05, 0) is 29.9 Å². The van der Waals surface area contributed by atoms with Crippen LogP contribution in [0.25, 0.3) is 0 Å². The van der Waals surface area contributed by atoms with Crippen molar-refractivity contribution >= 4 is 33.4 Å². The molecular weight excluding hydrogens is 412 g/mol. The largest absolute Gasteiger partial charge is 0.454 e. The number of benzene rings is 2. The Hall–Kier alpha value is -2.39. The molecule has 0 saturated heterocycles. The summed E-state index contributed by atoms with van der Waals surface area (Å²) in [6.07, 6.45) is 1.89. The molecule has 1 aliphatic heterocycles. The maximum absolute atomic E-state index is 12.3. The van der Waals surface area contributed by atoms with Crippen LogP contribution in [0.15, 0.2) is 48.5 Å². The zero-order chi connectivity index (χ0) is 20.7. The van der Waals surface area contributed by atoms with Gasteiger partial charge in [-0.3, -0.25) is 9.10 Å². The van der Waals surface area contributed by atoms with Gasteiger partial charge in [-0.2, -0.15) is 11.8 Å². The summed E-state index contributed by atoms with van der Waals surface area (Å²) in [4.78, 5) is 12.3. The van der Waals surface area contributed by atoms with Gasteiger partial charge in [0.15, 0.2) is 11.5 Å². The summed E-state index contributed by atoms with van der Waals surface area (Å²) in [5, 5.41) is 2.79. The molecule has 0 aliphatic carbocycles. The SMILES string of the molecule is CS(=O)(=O)N(CC(=O)NCCCSCc1ccccc1)c1ccc2c(c1)OCO2. The molecule has 7 nitrogen and oxygen atoms in total. The molecule has 9 heteroatoms. The van der Waals surface area contributed by atoms with Crippen LogP contribution in [0.5, 0.6) is 11.5 Å². The number of carbonyl (C=O) groups excluding carboxylic acids is 1. The summed E-state index contributed by atoms with van der Waals surface area (Å²) < 4.78 is 36.0. The summed E-state index contributed by atoms with van der Waals surface area (Å²) >= 11 is 1.80. The number of ether oxygens (including phenoxy) is 2. The van der Waals surface area contributed by atoms with Gasteiger partial charge in [0.1, 0.15) is 6.54 Å². The van der Waals surface area contributed by atoms with E-state index >= 15 is 0 Å². The minimum absolute atomic E-state index is 0.0977. The number of hydrogen-bond acceptors (Lipinski definition) is 6. The van der Waals surface area contributed by atoms with E-state index in [1.165, 1.54) is 5.56 Å². The van der Waals surface area contributed by atoms with E-state index < -0.39 is 10.0 Å². The number of hydrogen-bond donors (Lipinski definition) is 1. The topological polar surface area (TPSA) is 84.9 Å². The molecule has 0 saturated carbocycles. The zero-order valence-corrected chi connectivity index (χ0v) is 17.8. The molecule has 2 aromatic rings. The van der Waals surface area contributed by atoms with Crippen LogP contribution < -0.4 is 19.1 Å². The minimum atomic E-state index is -3.63. The minimum Gasteiger partial charge on any atom is -0.454 e. The molecule has 0 bridgehead atoms. The molecule has 0 aromatic heterocycles. The average Bonchev–Trinajstić information content (AvgIpc) is 3.16. The quantitative estimate of drug-likeness (QED) is 0.577. The first-order chi connectivity index (χ1) is 13.9. The molecule has 1 N–H and O–H groups in total. The highest BCUT2D eigenvalue weighted by molar-refractivity contribution is 7.98. The van der Waals surface area contributed by atoms with Crippen LogP contribution in [-0.4, -0.2) is 46.2 Å². The van der Waals surface area contributed by atoms with Crippen molar-refractivity contribution in [1.29, 1.82) is 0 Å². The first-order valence-electron chi connectivity index (χ1n) is 9.19. The molecule has 0 unspecified atom stereocenters. The van der Waals surface area contributed by atoms with Crippen molar-refractivity contribution in [2.75, 3.05) is 36.2 Å². The first kappa shape index (κ1) is 21.3. The molecule has 1 heterocycles. The van der Waals surface area contributed by atoms with E-state index in [-0.39, 0.29) is 19.2 Å². The van der Waals surface area contributed by atoms with Gasteiger partial charge in [0, 0.05) is 18.4 Å². The van der Waals surface area contributed by atoms with Crippen molar-refractivity contribution in [3.63, 3.8) is 0 Å². The summed E-state index contributed by atoms with van der Waals surface area (Å²) in [5.41, 5.74) is 1.64. The monoisotopic (exact) mass is 436 g/mol. The van der Waals surface area contributed by atoms with E-state index in [1.807, 2.05) is 18.2 Å². The molecule has 1 aliphatic rings. The highest BCUT2D eigenvalue weighted by Gasteiger charge is 2.23. The summed E-state index contributed by atoms with van der Waals surface area (Å²) in [6, 6.07) is 15.0. The van der Waals surface area contributed by atoms with Gasteiger partial charge >= 0.3 is 0 Å². The van der Waals surface area contributed by atoms with Crippen LogP contribution in [0, 0.1) is 0 Å². The van der Waals surface area contributed by atoms with E-state index in [4.69, 9.17) is 9.47 Å². The molecule has 0 spiro atoms. The van der Waals surface area contributed by atoms with Crippen molar-refractivity contribution in [3.05, 3.63) is 54.1 Å². The summed E-state index contributed by atoms with van der Waals surface area (Å²) in [5.74, 6) is 2.52. The summed E-state index contributed by atoms with van der Waals surface area (Å²) in [7, 11) is -3.63. The van der Waals surface area contributed by atoms with Crippen LogP contribution in [0.4, 0.5) is 5.69 Å². The van der Waals surface area contributed by atoms with Crippen LogP contribution >= 0.6 is 11.8 Å². The molecule has 0 radical (unpaired) electrons. The second-order valence-electron chi connectivity index (χ2n) is 6.55. The fourth-order valence-electron chi connectivity index (χ4n) is 2.79. The highest BCUT2D eigenvalue weighted by Crippen LogP contribution is 2.36. The highest BCUT2D eigenvalue weighted by atomic mass is 32.2. The van der Waals surface area contributed by atoms with Crippen molar-refractivity contribution in [3.8, 4) is 11.5 Å². The third-order valence-corrected chi connectivity index (χ3v) is 6.49. The number of anilines is 1. The van der Waals surface area contributed by atoms with Gasteiger partial charge in [-0.25, -0.2) is 8.42 Å². The van der Waals surface area contributed by atoms with Gasteiger partial charge in [0.2, 0.25) is 22.7 Å². The van der Waals surface area contributed by atoms with Crippen LogP contribution in [0.3, 0.4) is 0 Å². The number of amides is 1. The lowest BCUT2D eigenvalue weighted by molar-refractivity contribution is -0.119. The third kappa shape index (κ3) is 6.30. The lowest BCUT2D eigenvalue weighted by Gasteiger charge is -2.22. The Morgan fingerprint density at radius 2 is 1.90 bits per heavy atom. The molecule has 0 atom stereocenters. The van der Waals surface area contributed by atoms with E-state index in [0.29, 0.717) is 23.7 Å². The molecule has 3 rings (SSSR count). The standard InChI is InChI=1S/C20H24N2O5S2/c1-29(24,25)22(17-8-9-18-19(12-17)27-15-26-18)13-20(23)21-10-5-11-28-14-16-6-3-2-4-7-16/h2-4,6-9,12H,5,10-11,13-15H2,1H3,(H,21,23). The van der Waals surface area contributed by atoms with Crippen LogP contribution in [0.2, 0.25) is 0 Å². The van der Waals surface area contributed by atoms with Crippen LogP contribution in [-0.2, 0) is 20.6 Å². The first-order valence-corrected chi connectivity index (χ1v) is 12.2. The van der Waals surface area contributed by atoms with Crippen LogP contribution in [0.1, 0.15) is 12.0 Å². The van der Waals surface area contributed by atoms with Gasteiger partial charge in [0.05, 0.1) is 11.9 Å². The predicted octanol–water partition coefficient (Wildman–Crippen LogP) is 2.62. The van der Waals surface area contributed by atoms with Crippen molar-refractivity contribution in [1.82, 2.24) is 5.32 Å². The van der Waals surface area contributed by atoms with Gasteiger partial charge in [0.25, 0.3) is 0 Å². The van der Waals surface area contributed by atoms with E-state index in [2.05, 4.69) is 17.4 Å². The lowest BCUT2D eigenvalue weighted by Crippen LogP contribution is -2.40. The number of fused-ring (bicyclic) bond motifs is 1. The molecule has 156 valence electrons. The number of rotatable bonds is 10. The van der Waals surface area contributed by atoms with Gasteiger partial charge in [-0.1, -0.05) is 30.3 Å². The number of nitrogens with one attached hydrogen (secondary N) is 1. The molecule has 0 fully saturated rings. The van der Waals surface area contributed by atoms with E-state index in [1.54, 1.807) is 30.0 Å². The maximum Gasteiger partial charge on any atom is 0.240 e. The van der Waals surface area contributed by atoms with Crippen molar-refractivity contribution in [2.24, 2.45) is 0 Å². The normalized spacial score (nSPS) is 12.6. The molecule has 1 amide bonds. The Labute approximate surface area is 175 Å². The smallest absolute Gasteiger partial charge is 0.240 e. The molecule has 2 aromatic carbocycles. The van der Waals surface area contributed by atoms with Crippen molar-refractivity contribution < 1.29 is 22.7 Å². The average molecular weight is 437 g/mol. The Morgan fingerprint density at radius 1 is 1.14 bits per heavy atom. The fourth-order valence-corrected chi connectivity index (χ4v) is 4.56. The van der Waals surface area contributed by atoms with Gasteiger partial charge in [-0.15, -0.1) is 0 Å². The van der Waals surface area contributed by atoms with Gasteiger partial charge < -0.3 is 14.8 Å². The Bertz CT molecular complexity index is 935. The number of carbonyl (C=O) groups is 1. The fraction of sp³-hybridized carbons (Fsp3) is 0.350. The Morgan fingerprint density at radius 3 is 2.66 bits per heavy atom. The number of nitrogens with zero attached hydrogens (tertiary/aromatic N) is 1. The van der Waals surface area contributed by atoms with Crippen molar-refractivity contribution in [2.45, 2.75) is 12.2 Å². The second kappa shape index (κ2) is 9.89. The lowest BCUT2D eigenvalue weighted by atomic mass is 10.2. The molecule has 29 heavy (non-hydrogen) atoms. The molecular formula is C20H24N2O5S2. The zero-order valence-electron chi connectivity index (χ0n) is 16.2. The summed E-state index contributed by atoms with van der Waals surface area (Å²) in [6.45, 7) is 0.315. The Kier molecular flexibility index (Phi) is 7.27. The number of thioether (sulfide) groups is 1. The predicted molar refractivity (Wildman–Crippen MR) is 115 cm³/mol. The second-order valence-corrected chi connectivity index (χ2v) is 9.56. The maximum atomic E-state index is 12.3. The van der Waals surface area contributed by atoms with E-state index in [9.17, 15) is 13.2 Å².